The quantitative estimate of drug-likeness (QED) is 0.759. The number of nitrogens with one attached hydrogen (secondary N) is 2. The SMILES string of the molecule is CC.CC.Cc1cccc(C2NC(=O)c3c(C)cccc3N2)c1. The second-order valence-electron chi connectivity index (χ2n) is 4.96. The highest BCUT2D eigenvalue weighted by molar-refractivity contribution is 6.03. The average molecular weight is 312 g/mol. The minimum atomic E-state index is -0.165. The highest BCUT2D eigenvalue weighted by Gasteiger charge is 2.25. The number of carbonyl (C=O) groups excluding carboxylic acids is 1. The largest absolute Gasteiger partial charge is 0.361 e. The summed E-state index contributed by atoms with van der Waals surface area (Å²) in [6.07, 6.45) is -0.165. The van der Waals surface area contributed by atoms with Crippen LogP contribution in [0.15, 0.2) is 42.5 Å². The number of carbonyl (C=O) groups is 1. The lowest BCUT2D eigenvalue weighted by Crippen LogP contribution is -2.38. The van der Waals surface area contributed by atoms with E-state index >= 15 is 0 Å². The molecule has 1 unspecified atom stereocenters. The third-order valence-corrected chi connectivity index (χ3v) is 3.45. The molecule has 0 fully saturated rings. The Morgan fingerprint density at radius 1 is 0.870 bits per heavy atom. The van der Waals surface area contributed by atoms with Gasteiger partial charge in [-0.1, -0.05) is 69.7 Å². The molecular weight excluding hydrogens is 284 g/mol. The Kier molecular flexibility index (Phi) is 7.33. The molecule has 0 aromatic heterocycles. The molecule has 1 heterocycles. The molecule has 2 aromatic carbocycles. The predicted octanol–water partition coefficient (Wildman–Crippen LogP) is 5.21. The van der Waals surface area contributed by atoms with Crippen molar-refractivity contribution in [2.24, 2.45) is 0 Å². The van der Waals surface area contributed by atoms with Gasteiger partial charge in [-0.05, 0) is 31.0 Å². The van der Waals surface area contributed by atoms with Crippen molar-refractivity contribution in [1.29, 1.82) is 0 Å². The van der Waals surface area contributed by atoms with Crippen molar-refractivity contribution in [3.05, 3.63) is 64.7 Å². The van der Waals surface area contributed by atoms with Crippen molar-refractivity contribution >= 4 is 11.6 Å². The number of anilines is 1. The van der Waals surface area contributed by atoms with E-state index in [4.69, 9.17) is 0 Å². The molecule has 23 heavy (non-hydrogen) atoms. The van der Waals surface area contributed by atoms with E-state index in [2.05, 4.69) is 16.7 Å². The molecule has 0 saturated heterocycles. The Morgan fingerprint density at radius 3 is 2.17 bits per heavy atom. The van der Waals surface area contributed by atoms with Crippen LogP contribution in [0.25, 0.3) is 0 Å². The molecule has 1 aliphatic rings. The number of rotatable bonds is 1. The zero-order valence-electron chi connectivity index (χ0n) is 15.0. The molecule has 1 atom stereocenters. The van der Waals surface area contributed by atoms with Crippen molar-refractivity contribution in [2.45, 2.75) is 47.7 Å². The van der Waals surface area contributed by atoms with Crippen LogP contribution in [-0.4, -0.2) is 5.91 Å². The molecule has 2 aromatic rings. The maximum atomic E-state index is 12.2. The molecular formula is C20H28N2O. The van der Waals surface area contributed by atoms with Crippen molar-refractivity contribution < 1.29 is 4.79 Å². The van der Waals surface area contributed by atoms with Gasteiger partial charge in [0, 0.05) is 5.69 Å². The van der Waals surface area contributed by atoms with Crippen molar-refractivity contribution in [3.8, 4) is 0 Å². The van der Waals surface area contributed by atoms with E-state index in [0.29, 0.717) is 0 Å². The summed E-state index contributed by atoms with van der Waals surface area (Å²) < 4.78 is 0. The molecule has 1 aliphatic heterocycles. The minimum absolute atomic E-state index is 0.0154. The molecule has 124 valence electrons. The molecule has 0 bridgehead atoms. The first-order chi connectivity index (χ1) is 11.1. The highest BCUT2D eigenvalue weighted by atomic mass is 16.2. The van der Waals surface area contributed by atoms with Crippen LogP contribution in [0.5, 0.6) is 0 Å². The first-order valence-electron chi connectivity index (χ1n) is 8.39. The van der Waals surface area contributed by atoms with Gasteiger partial charge in [0.25, 0.3) is 5.91 Å². The summed E-state index contributed by atoms with van der Waals surface area (Å²) in [6.45, 7) is 12.0. The van der Waals surface area contributed by atoms with Crippen molar-refractivity contribution in [2.75, 3.05) is 5.32 Å². The molecule has 3 heteroatoms. The van der Waals surface area contributed by atoms with Gasteiger partial charge in [-0.25, -0.2) is 0 Å². The molecule has 0 radical (unpaired) electrons. The van der Waals surface area contributed by atoms with Gasteiger partial charge in [-0.3, -0.25) is 4.79 Å². The van der Waals surface area contributed by atoms with Gasteiger partial charge < -0.3 is 10.6 Å². The van der Waals surface area contributed by atoms with Crippen molar-refractivity contribution in [1.82, 2.24) is 5.32 Å². The maximum absolute atomic E-state index is 12.2. The van der Waals surface area contributed by atoms with E-state index in [0.717, 1.165) is 22.4 Å². The molecule has 1 amide bonds. The Morgan fingerprint density at radius 2 is 1.52 bits per heavy atom. The summed E-state index contributed by atoms with van der Waals surface area (Å²) in [4.78, 5) is 12.2. The Hall–Kier alpha value is -2.29. The molecule has 3 nitrogen and oxygen atoms in total. The second kappa shape index (κ2) is 8.99. The first-order valence-corrected chi connectivity index (χ1v) is 8.39. The van der Waals surface area contributed by atoms with Crippen LogP contribution in [0.2, 0.25) is 0 Å². The molecule has 0 aliphatic carbocycles. The summed E-state index contributed by atoms with van der Waals surface area (Å²) in [5.41, 5.74) is 4.89. The Bertz CT molecular complexity index is 650. The lowest BCUT2D eigenvalue weighted by atomic mass is 10.0. The van der Waals surface area contributed by atoms with Gasteiger partial charge in [0.05, 0.1) is 5.56 Å². The predicted molar refractivity (Wildman–Crippen MR) is 98.9 cm³/mol. The van der Waals surface area contributed by atoms with Gasteiger partial charge in [0.2, 0.25) is 0 Å². The summed E-state index contributed by atoms with van der Waals surface area (Å²) in [7, 11) is 0. The third kappa shape index (κ3) is 4.35. The standard InChI is InChI=1S/C16H16N2O.2C2H6/c1-10-5-3-7-12(9-10)15-17-13-8-4-6-11(2)14(13)16(19)18-15;2*1-2/h3-9,15,17H,1-2H3,(H,18,19);2*1-2H3. The fourth-order valence-corrected chi connectivity index (χ4v) is 2.50. The van der Waals surface area contributed by atoms with Crippen LogP contribution < -0.4 is 10.6 Å². The summed E-state index contributed by atoms with van der Waals surface area (Å²) in [5, 5.41) is 6.39. The van der Waals surface area contributed by atoms with E-state index in [-0.39, 0.29) is 12.1 Å². The first kappa shape index (κ1) is 18.8. The number of amides is 1. The number of fused-ring (bicyclic) bond motifs is 1. The zero-order chi connectivity index (χ0) is 17.4. The van der Waals surface area contributed by atoms with E-state index in [1.54, 1.807) is 0 Å². The van der Waals surface area contributed by atoms with Crippen LogP contribution >= 0.6 is 0 Å². The van der Waals surface area contributed by atoms with Gasteiger partial charge >= 0.3 is 0 Å². The Balaban J connectivity index is 0.000000615. The average Bonchev–Trinajstić information content (AvgIpc) is 2.58. The molecule has 0 spiro atoms. The van der Waals surface area contributed by atoms with E-state index in [9.17, 15) is 4.79 Å². The monoisotopic (exact) mass is 312 g/mol. The summed E-state index contributed by atoms with van der Waals surface area (Å²) >= 11 is 0. The third-order valence-electron chi connectivity index (χ3n) is 3.45. The van der Waals surface area contributed by atoms with E-state index in [1.807, 2.05) is 77.9 Å². The van der Waals surface area contributed by atoms with Gasteiger partial charge in [0.1, 0.15) is 6.17 Å². The van der Waals surface area contributed by atoms with E-state index in [1.165, 1.54) is 5.56 Å². The lowest BCUT2D eigenvalue weighted by molar-refractivity contribution is 0.0935. The molecule has 3 rings (SSSR count). The minimum Gasteiger partial charge on any atom is -0.361 e. The second-order valence-corrected chi connectivity index (χ2v) is 4.96. The highest BCUT2D eigenvalue weighted by Crippen LogP contribution is 2.28. The number of aryl methyl sites for hydroxylation is 2. The number of hydrogen-bond donors (Lipinski definition) is 2. The summed E-state index contributed by atoms with van der Waals surface area (Å²) in [5.74, 6) is -0.0154. The maximum Gasteiger partial charge on any atom is 0.255 e. The van der Waals surface area contributed by atoms with Crippen LogP contribution in [0.3, 0.4) is 0 Å². The fraction of sp³-hybridized carbons (Fsp3) is 0.350. The van der Waals surface area contributed by atoms with Crippen LogP contribution in [0.4, 0.5) is 5.69 Å². The Labute approximate surface area is 140 Å². The van der Waals surface area contributed by atoms with Gasteiger partial charge in [0.15, 0.2) is 0 Å². The number of benzene rings is 2. The topological polar surface area (TPSA) is 41.1 Å². The van der Waals surface area contributed by atoms with Crippen LogP contribution in [0, 0.1) is 13.8 Å². The van der Waals surface area contributed by atoms with Crippen LogP contribution in [-0.2, 0) is 0 Å². The van der Waals surface area contributed by atoms with E-state index < -0.39 is 0 Å². The smallest absolute Gasteiger partial charge is 0.255 e. The van der Waals surface area contributed by atoms with Crippen LogP contribution in [0.1, 0.15) is 60.9 Å². The molecule has 2 N–H and O–H groups in total. The molecule has 0 saturated carbocycles. The fourth-order valence-electron chi connectivity index (χ4n) is 2.50. The summed E-state index contributed by atoms with van der Waals surface area (Å²) in [6, 6.07) is 14.0. The van der Waals surface area contributed by atoms with Crippen molar-refractivity contribution in [3.63, 3.8) is 0 Å². The van der Waals surface area contributed by atoms with Gasteiger partial charge in [-0.15, -0.1) is 0 Å². The normalized spacial score (nSPS) is 14.9. The van der Waals surface area contributed by atoms with Gasteiger partial charge in [-0.2, -0.15) is 0 Å². The lowest BCUT2D eigenvalue weighted by Gasteiger charge is -2.29. The number of hydrogen-bond acceptors (Lipinski definition) is 2. The zero-order valence-corrected chi connectivity index (χ0v) is 15.0.